The fraction of sp³-hybridized carbons (Fsp3) is 0.391. The van der Waals surface area contributed by atoms with Gasteiger partial charge in [0.25, 0.3) is 0 Å². The maximum atomic E-state index is 6.83. The van der Waals surface area contributed by atoms with Gasteiger partial charge in [0.15, 0.2) is 0 Å². The molecule has 2 aromatic carbocycles. The molecule has 0 unspecified atom stereocenters. The molecule has 3 heteroatoms. The van der Waals surface area contributed by atoms with Crippen LogP contribution in [0.4, 0.5) is 0 Å². The average Bonchev–Trinajstić information content (AvgIpc) is 3.03. The molecule has 0 fully saturated rings. The van der Waals surface area contributed by atoms with E-state index in [1.54, 1.807) is 0 Å². The molecule has 1 aliphatic rings. The van der Waals surface area contributed by atoms with Gasteiger partial charge in [0.2, 0.25) is 0 Å². The zero-order chi connectivity index (χ0) is 18.7. The van der Waals surface area contributed by atoms with E-state index in [9.17, 15) is 0 Å². The minimum atomic E-state index is -1.56. The SMILES string of the molecule is CC[Si](CC)(CC)C1=C(C)[C@@H](c2ccccc2)[C@H](c2ccc(Br)cc2)O1. The highest BCUT2D eigenvalue weighted by Crippen LogP contribution is 2.51. The van der Waals surface area contributed by atoms with Crippen LogP contribution in [0.2, 0.25) is 18.1 Å². The Bertz CT molecular complexity index is 754. The van der Waals surface area contributed by atoms with Crippen molar-refractivity contribution in [1.82, 2.24) is 0 Å². The molecule has 1 nitrogen and oxygen atoms in total. The molecule has 26 heavy (non-hydrogen) atoms. The summed E-state index contributed by atoms with van der Waals surface area (Å²) in [7, 11) is -1.56. The first-order valence-electron chi connectivity index (χ1n) is 9.74. The molecule has 0 radical (unpaired) electrons. The van der Waals surface area contributed by atoms with Gasteiger partial charge in [0.1, 0.15) is 14.2 Å². The van der Waals surface area contributed by atoms with Crippen LogP contribution in [-0.2, 0) is 4.74 Å². The quantitative estimate of drug-likeness (QED) is 0.429. The van der Waals surface area contributed by atoms with Crippen molar-refractivity contribution in [2.45, 2.75) is 57.8 Å². The van der Waals surface area contributed by atoms with Crippen LogP contribution in [0.25, 0.3) is 0 Å². The first-order chi connectivity index (χ1) is 12.6. The van der Waals surface area contributed by atoms with Crippen LogP contribution in [-0.4, -0.2) is 8.07 Å². The van der Waals surface area contributed by atoms with Crippen molar-refractivity contribution >= 4 is 24.0 Å². The van der Waals surface area contributed by atoms with Gasteiger partial charge in [0, 0.05) is 10.4 Å². The molecule has 1 aliphatic heterocycles. The van der Waals surface area contributed by atoms with E-state index in [0.29, 0.717) is 5.92 Å². The fourth-order valence-corrected chi connectivity index (χ4v) is 8.53. The Hall–Kier alpha value is -1.32. The van der Waals surface area contributed by atoms with Crippen LogP contribution in [0.1, 0.15) is 50.8 Å². The third-order valence-corrected chi connectivity index (χ3v) is 12.3. The van der Waals surface area contributed by atoms with Crippen molar-refractivity contribution in [2.75, 3.05) is 0 Å². The average molecular weight is 429 g/mol. The number of halogens is 1. The predicted octanol–water partition coefficient (Wildman–Crippen LogP) is 7.63. The molecule has 2 atom stereocenters. The summed E-state index contributed by atoms with van der Waals surface area (Å²) in [5.41, 5.74) is 4.09. The van der Waals surface area contributed by atoms with Gasteiger partial charge in [-0.25, -0.2) is 0 Å². The summed E-state index contributed by atoms with van der Waals surface area (Å²) >= 11 is 3.56. The van der Waals surface area contributed by atoms with E-state index >= 15 is 0 Å². The number of hydrogen-bond donors (Lipinski definition) is 0. The normalized spacial score (nSPS) is 20.3. The summed E-state index contributed by atoms with van der Waals surface area (Å²) < 4.78 is 7.94. The van der Waals surface area contributed by atoms with Crippen LogP contribution in [0.5, 0.6) is 0 Å². The van der Waals surface area contributed by atoms with E-state index < -0.39 is 8.07 Å². The summed E-state index contributed by atoms with van der Waals surface area (Å²) in [6.07, 6.45) is 0.0806. The highest BCUT2D eigenvalue weighted by Gasteiger charge is 2.44. The lowest BCUT2D eigenvalue weighted by Gasteiger charge is -2.30. The lowest BCUT2D eigenvalue weighted by molar-refractivity contribution is 0.145. The van der Waals surface area contributed by atoms with Gasteiger partial charge in [0.05, 0.1) is 5.38 Å². The Balaban J connectivity index is 2.10. The lowest BCUT2D eigenvalue weighted by atomic mass is 9.86. The van der Waals surface area contributed by atoms with Crippen LogP contribution in [0.3, 0.4) is 0 Å². The van der Waals surface area contributed by atoms with Crippen LogP contribution in [0.15, 0.2) is 70.0 Å². The zero-order valence-corrected chi connectivity index (χ0v) is 18.8. The van der Waals surface area contributed by atoms with Crippen LogP contribution in [0, 0.1) is 0 Å². The van der Waals surface area contributed by atoms with Crippen LogP contribution < -0.4 is 0 Å². The Kier molecular flexibility index (Phi) is 6.09. The molecule has 138 valence electrons. The number of benzene rings is 2. The maximum Gasteiger partial charge on any atom is 0.133 e. The highest BCUT2D eigenvalue weighted by molar-refractivity contribution is 9.10. The molecule has 0 saturated carbocycles. The minimum Gasteiger partial charge on any atom is -0.494 e. The molecule has 0 saturated heterocycles. The molecule has 0 aromatic heterocycles. The van der Waals surface area contributed by atoms with E-state index in [2.05, 4.69) is 98.2 Å². The molecular formula is C23H29BrOSi. The summed E-state index contributed by atoms with van der Waals surface area (Å²) in [6, 6.07) is 23.3. The highest BCUT2D eigenvalue weighted by atomic mass is 79.9. The largest absolute Gasteiger partial charge is 0.494 e. The van der Waals surface area contributed by atoms with Crippen molar-refractivity contribution in [3.63, 3.8) is 0 Å². The molecule has 0 spiro atoms. The van der Waals surface area contributed by atoms with E-state index in [1.165, 1.54) is 40.2 Å². The molecule has 1 heterocycles. The summed E-state index contributed by atoms with van der Waals surface area (Å²) in [6.45, 7) is 9.38. The van der Waals surface area contributed by atoms with Crippen molar-refractivity contribution < 1.29 is 4.74 Å². The van der Waals surface area contributed by atoms with Crippen LogP contribution >= 0.6 is 15.9 Å². The molecule has 0 N–H and O–H groups in total. The van der Waals surface area contributed by atoms with Crippen molar-refractivity contribution in [2.24, 2.45) is 0 Å². The molecular weight excluding hydrogens is 400 g/mol. The predicted molar refractivity (Wildman–Crippen MR) is 117 cm³/mol. The van der Waals surface area contributed by atoms with Crippen molar-refractivity contribution in [3.05, 3.63) is 81.2 Å². The first kappa shape index (κ1) is 19.4. The first-order valence-corrected chi connectivity index (χ1v) is 13.2. The Morgan fingerprint density at radius 2 is 1.42 bits per heavy atom. The van der Waals surface area contributed by atoms with Crippen molar-refractivity contribution in [1.29, 1.82) is 0 Å². The van der Waals surface area contributed by atoms with Gasteiger partial charge in [-0.3, -0.25) is 0 Å². The minimum absolute atomic E-state index is 0.0806. The van der Waals surface area contributed by atoms with Crippen molar-refractivity contribution in [3.8, 4) is 0 Å². The topological polar surface area (TPSA) is 9.23 Å². The fourth-order valence-electron chi connectivity index (χ4n) is 4.43. The van der Waals surface area contributed by atoms with E-state index in [-0.39, 0.29) is 6.10 Å². The van der Waals surface area contributed by atoms with Gasteiger partial charge >= 0.3 is 0 Å². The summed E-state index contributed by atoms with van der Waals surface area (Å²) in [5.74, 6) is 0.309. The van der Waals surface area contributed by atoms with E-state index in [0.717, 1.165) is 4.47 Å². The van der Waals surface area contributed by atoms with Gasteiger partial charge in [-0.1, -0.05) is 97.3 Å². The standard InChI is InChI=1S/C23H29BrOSi/c1-5-26(6-2,7-3)23-17(4)21(18-11-9-8-10-12-18)22(25-23)19-13-15-20(24)16-14-19/h8-16,21-22H,5-7H2,1-4H3/t21-,22-/m0/s1. The zero-order valence-electron chi connectivity index (χ0n) is 16.3. The second-order valence-corrected chi connectivity index (χ2v) is 13.4. The molecule has 0 aliphatic carbocycles. The molecule has 3 rings (SSSR count). The smallest absolute Gasteiger partial charge is 0.133 e. The van der Waals surface area contributed by atoms with Gasteiger partial charge in [-0.2, -0.15) is 0 Å². The number of hydrogen-bond acceptors (Lipinski definition) is 1. The molecule has 0 amide bonds. The second-order valence-electron chi connectivity index (χ2n) is 7.33. The monoisotopic (exact) mass is 428 g/mol. The maximum absolute atomic E-state index is 6.83. The Morgan fingerprint density at radius 1 is 0.846 bits per heavy atom. The van der Waals surface area contributed by atoms with Gasteiger partial charge in [-0.15, -0.1) is 0 Å². The third kappa shape index (κ3) is 3.44. The molecule has 0 bridgehead atoms. The third-order valence-electron chi connectivity index (χ3n) is 6.24. The Morgan fingerprint density at radius 3 is 1.96 bits per heavy atom. The molecule has 2 aromatic rings. The lowest BCUT2D eigenvalue weighted by Crippen LogP contribution is -2.35. The van der Waals surface area contributed by atoms with E-state index in [4.69, 9.17) is 4.74 Å². The van der Waals surface area contributed by atoms with E-state index in [1.807, 2.05) is 0 Å². The Labute approximate surface area is 167 Å². The van der Waals surface area contributed by atoms with Gasteiger partial charge in [-0.05, 0) is 35.8 Å². The van der Waals surface area contributed by atoms with Gasteiger partial charge < -0.3 is 4.74 Å². The summed E-state index contributed by atoms with van der Waals surface area (Å²) in [4.78, 5) is 0. The number of ether oxygens (including phenoxy) is 1. The second kappa shape index (κ2) is 8.14. The number of rotatable bonds is 6. The summed E-state index contributed by atoms with van der Waals surface area (Å²) in [5, 5.41) is 1.37.